The lowest BCUT2D eigenvalue weighted by molar-refractivity contribution is -0.139. The number of carbonyl (C=O) groups excluding carboxylic acids is 1. The molecule has 0 amide bonds. The molecule has 0 aliphatic carbocycles. The Bertz CT molecular complexity index is 1790. The predicted molar refractivity (Wildman–Crippen MR) is 143 cm³/mol. The number of halogens is 3. The Hall–Kier alpha value is -4.14. The summed E-state index contributed by atoms with van der Waals surface area (Å²) in [5.74, 6) is -1.53. The number of aromatic nitrogens is 3. The van der Waals surface area contributed by atoms with Crippen molar-refractivity contribution in [3.05, 3.63) is 85.4 Å². The lowest BCUT2D eigenvalue weighted by Crippen LogP contribution is -2.32. The molecule has 0 spiro atoms. The highest BCUT2D eigenvalue weighted by Crippen LogP contribution is 2.33. The van der Waals surface area contributed by atoms with Gasteiger partial charge in [0.2, 0.25) is 0 Å². The molecule has 0 radical (unpaired) electrons. The molecule has 0 unspecified atom stereocenters. The van der Waals surface area contributed by atoms with Gasteiger partial charge in [-0.3, -0.25) is 14.4 Å². The first kappa shape index (κ1) is 27.4. The van der Waals surface area contributed by atoms with E-state index in [-0.39, 0.29) is 30.7 Å². The molecular formula is C26H19F3N4O5S2. The van der Waals surface area contributed by atoms with Crippen molar-refractivity contribution < 1.29 is 32.6 Å². The fourth-order valence-electron chi connectivity index (χ4n) is 3.99. The summed E-state index contributed by atoms with van der Waals surface area (Å²) in [4.78, 5) is 41.0. The summed E-state index contributed by atoms with van der Waals surface area (Å²) in [6.45, 7) is -0.0900. The number of hydrogen-bond acceptors (Lipinski definition) is 9. The summed E-state index contributed by atoms with van der Waals surface area (Å²) in [7, 11) is 0. The molecule has 0 fully saturated rings. The number of carboxylic acids is 1. The molecular weight excluding hydrogens is 569 g/mol. The van der Waals surface area contributed by atoms with Crippen LogP contribution in [0.2, 0.25) is 0 Å². The SMILES string of the molecule is N[C@@H](Cc1ccc(OC(=O)Cc2nn(Cc3nc4cc(C(F)(F)F)ccc4s3)c(=O)c3cscc23)cc1)C(=O)O. The summed E-state index contributed by atoms with van der Waals surface area (Å²) < 4.78 is 46.3. The van der Waals surface area contributed by atoms with Crippen LogP contribution >= 0.6 is 22.7 Å². The van der Waals surface area contributed by atoms with E-state index in [9.17, 15) is 27.6 Å². The van der Waals surface area contributed by atoms with Crippen LogP contribution in [0.5, 0.6) is 5.75 Å². The Balaban J connectivity index is 1.35. The van der Waals surface area contributed by atoms with Crippen molar-refractivity contribution in [1.29, 1.82) is 0 Å². The average Bonchev–Trinajstić information content (AvgIpc) is 3.54. The second-order valence-corrected chi connectivity index (χ2v) is 10.7. The number of benzene rings is 2. The van der Waals surface area contributed by atoms with Crippen molar-refractivity contribution >= 4 is 55.6 Å². The van der Waals surface area contributed by atoms with E-state index in [1.165, 1.54) is 29.5 Å². The number of esters is 1. The summed E-state index contributed by atoms with van der Waals surface area (Å²) in [5, 5.41) is 17.9. The standard InChI is InChI=1S/C26H19F3N4O5S2/c27-26(28,29)14-3-6-21-20(8-14)31-22(40-21)10-33-24(35)17-12-39-11-16(17)19(32-33)9-23(34)38-15-4-1-13(2-5-15)7-18(30)25(36)37/h1-6,8,11-12,18H,7,9-10,30H2,(H,36,37)/t18-/m0/s1. The fourth-order valence-corrected chi connectivity index (χ4v) is 5.76. The van der Waals surface area contributed by atoms with Crippen molar-refractivity contribution in [2.45, 2.75) is 31.6 Å². The van der Waals surface area contributed by atoms with Gasteiger partial charge in [-0.05, 0) is 42.3 Å². The molecule has 3 N–H and O–H groups in total. The second-order valence-electron chi connectivity index (χ2n) is 8.84. The van der Waals surface area contributed by atoms with Gasteiger partial charge in [0, 0.05) is 16.1 Å². The minimum Gasteiger partial charge on any atom is -0.480 e. The first-order chi connectivity index (χ1) is 19.0. The number of carboxylic acid groups (broad SMARTS) is 1. The molecule has 5 aromatic rings. The van der Waals surface area contributed by atoms with Gasteiger partial charge in [-0.15, -0.1) is 11.3 Å². The highest BCUT2D eigenvalue weighted by molar-refractivity contribution is 7.18. The van der Waals surface area contributed by atoms with Crippen LogP contribution in [0.1, 0.15) is 21.8 Å². The van der Waals surface area contributed by atoms with Crippen molar-refractivity contribution in [2.24, 2.45) is 5.73 Å². The van der Waals surface area contributed by atoms with Crippen molar-refractivity contribution in [3.63, 3.8) is 0 Å². The third-order valence-corrected chi connectivity index (χ3v) is 7.73. The Morgan fingerprint density at radius 1 is 1.10 bits per heavy atom. The Morgan fingerprint density at radius 2 is 1.82 bits per heavy atom. The molecule has 3 heterocycles. The van der Waals surface area contributed by atoms with Crippen molar-refractivity contribution in [2.75, 3.05) is 0 Å². The maximum absolute atomic E-state index is 13.1. The molecule has 3 aromatic heterocycles. The molecule has 40 heavy (non-hydrogen) atoms. The minimum absolute atomic E-state index is 0.0900. The normalized spacial score (nSPS) is 12.6. The van der Waals surface area contributed by atoms with Gasteiger partial charge in [0.05, 0.1) is 39.8 Å². The third kappa shape index (κ3) is 5.88. The number of fused-ring (bicyclic) bond motifs is 2. The van der Waals surface area contributed by atoms with E-state index < -0.39 is 35.3 Å². The van der Waals surface area contributed by atoms with Crippen LogP contribution in [0.25, 0.3) is 21.0 Å². The fraction of sp³-hybridized carbons (Fsp3) is 0.192. The minimum atomic E-state index is -4.50. The largest absolute Gasteiger partial charge is 0.480 e. The van der Waals surface area contributed by atoms with Crippen LogP contribution in [0.15, 0.2) is 58.0 Å². The van der Waals surface area contributed by atoms with E-state index in [1.807, 2.05) is 0 Å². The van der Waals surface area contributed by atoms with Crippen LogP contribution in [0.3, 0.4) is 0 Å². The predicted octanol–water partition coefficient (Wildman–Crippen LogP) is 4.24. The van der Waals surface area contributed by atoms with Gasteiger partial charge in [-0.25, -0.2) is 9.67 Å². The molecule has 14 heteroatoms. The van der Waals surface area contributed by atoms with Gasteiger partial charge >= 0.3 is 18.1 Å². The van der Waals surface area contributed by atoms with Gasteiger partial charge in [0.15, 0.2) is 0 Å². The number of ether oxygens (including phenoxy) is 1. The summed E-state index contributed by atoms with van der Waals surface area (Å²) in [6, 6.07) is 8.49. The van der Waals surface area contributed by atoms with E-state index >= 15 is 0 Å². The topological polar surface area (TPSA) is 137 Å². The van der Waals surface area contributed by atoms with Crippen molar-refractivity contribution in [3.8, 4) is 5.75 Å². The molecule has 206 valence electrons. The Kier molecular flexibility index (Phi) is 7.40. The molecule has 0 saturated carbocycles. The monoisotopic (exact) mass is 588 g/mol. The molecule has 0 bridgehead atoms. The number of carbonyl (C=O) groups is 2. The smallest absolute Gasteiger partial charge is 0.416 e. The highest BCUT2D eigenvalue weighted by atomic mass is 32.1. The third-order valence-electron chi connectivity index (χ3n) is 5.96. The first-order valence-electron chi connectivity index (χ1n) is 11.7. The van der Waals surface area contributed by atoms with Gasteiger partial charge < -0.3 is 15.6 Å². The number of aliphatic carboxylic acids is 1. The maximum atomic E-state index is 13.1. The molecule has 5 rings (SSSR count). The number of nitrogens with zero attached hydrogens (tertiary/aromatic N) is 3. The average molecular weight is 589 g/mol. The van der Waals surface area contributed by atoms with E-state index in [0.717, 1.165) is 28.2 Å². The number of rotatable bonds is 8. The quantitative estimate of drug-likeness (QED) is 0.203. The van der Waals surface area contributed by atoms with Gasteiger partial charge in [-0.2, -0.15) is 29.6 Å². The zero-order valence-electron chi connectivity index (χ0n) is 20.3. The second kappa shape index (κ2) is 10.8. The van der Waals surface area contributed by atoms with Crippen LogP contribution in [-0.2, 0) is 35.2 Å². The van der Waals surface area contributed by atoms with E-state index in [1.54, 1.807) is 22.9 Å². The zero-order chi connectivity index (χ0) is 28.6. The van der Waals surface area contributed by atoms with E-state index in [0.29, 0.717) is 31.7 Å². The van der Waals surface area contributed by atoms with Gasteiger partial charge in [0.25, 0.3) is 5.56 Å². The van der Waals surface area contributed by atoms with E-state index in [2.05, 4.69) is 10.1 Å². The molecule has 0 saturated heterocycles. The number of thiophene rings is 1. The number of thiazole rings is 1. The van der Waals surface area contributed by atoms with Crippen LogP contribution in [-0.4, -0.2) is 37.9 Å². The molecule has 0 aliphatic heterocycles. The number of hydrogen-bond donors (Lipinski definition) is 2. The zero-order valence-corrected chi connectivity index (χ0v) is 22.0. The Morgan fingerprint density at radius 3 is 2.52 bits per heavy atom. The van der Waals surface area contributed by atoms with Gasteiger partial charge in [-0.1, -0.05) is 12.1 Å². The lowest BCUT2D eigenvalue weighted by Gasteiger charge is -2.09. The highest BCUT2D eigenvalue weighted by Gasteiger charge is 2.31. The van der Waals surface area contributed by atoms with Crippen molar-refractivity contribution in [1.82, 2.24) is 14.8 Å². The Labute approximate surface area is 231 Å². The molecule has 2 aromatic carbocycles. The van der Waals surface area contributed by atoms with Crippen LogP contribution < -0.4 is 16.0 Å². The lowest BCUT2D eigenvalue weighted by atomic mass is 10.1. The van der Waals surface area contributed by atoms with Crippen LogP contribution in [0, 0.1) is 0 Å². The van der Waals surface area contributed by atoms with Gasteiger partial charge in [0.1, 0.15) is 16.8 Å². The van der Waals surface area contributed by atoms with Crippen LogP contribution in [0.4, 0.5) is 13.2 Å². The molecule has 1 atom stereocenters. The summed E-state index contributed by atoms with van der Waals surface area (Å²) in [5.41, 5.74) is 5.43. The number of alkyl halides is 3. The molecule has 9 nitrogen and oxygen atoms in total. The molecule has 0 aliphatic rings. The van der Waals surface area contributed by atoms with E-state index in [4.69, 9.17) is 15.6 Å². The summed E-state index contributed by atoms with van der Waals surface area (Å²) in [6.07, 6.45) is -4.64. The first-order valence-corrected chi connectivity index (χ1v) is 13.4. The maximum Gasteiger partial charge on any atom is 0.416 e. The summed E-state index contributed by atoms with van der Waals surface area (Å²) >= 11 is 2.41. The number of nitrogens with two attached hydrogens (primary N) is 1.